The minimum Gasteiger partial charge on any atom is -0.508 e. The summed E-state index contributed by atoms with van der Waals surface area (Å²) in [6.07, 6.45) is 0.701. The molecule has 0 spiro atoms. The summed E-state index contributed by atoms with van der Waals surface area (Å²) in [4.78, 5) is 11.6. The first-order valence-corrected chi connectivity index (χ1v) is 6.94. The molecule has 0 fully saturated rings. The molecule has 110 valence electrons. The van der Waals surface area contributed by atoms with Crippen LogP contribution in [0.1, 0.15) is 5.56 Å². The van der Waals surface area contributed by atoms with E-state index in [4.69, 9.17) is 16.3 Å². The summed E-state index contributed by atoms with van der Waals surface area (Å²) in [6, 6.07) is 13.7. The van der Waals surface area contributed by atoms with Crippen LogP contribution in [0.15, 0.2) is 48.5 Å². The summed E-state index contributed by atoms with van der Waals surface area (Å²) < 4.78 is 5.34. The van der Waals surface area contributed by atoms with Gasteiger partial charge in [-0.15, -0.1) is 0 Å². The van der Waals surface area contributed by atoms with Gasteiger partial charge in [-0.3, -0.25) is 4.79 Å². The maximum atomic E-state index is 11.6. The zero-order valence-electron chi connectivity index (χ0n) is 11.4. The van der Waals surface area contributed by atoms with Crippen LogP contribution in [0.25, 0.3) is 0 Å². The zero-order valence-corrected chi connectivity index (χ0v) is 12.1. The molecular formula is C16H16ClNO3. The Bertz CT molecular complexity index is 581. The summed E-state index contributed by atoms with van der Waals surface area (Å²) in [7, 11) is 0. The van der Waals surface area contributed by atoms with Crippen molar-refractivity contribution in [3.8, 4) is 11.5 Å². The number of carbonyl (C=O) groups excluding carboxylic acids is 1. The number of phenolic OH excluding ortho intramolecular Hbond substituents is 1. The van der Waals surface area contributed by atoms with Gasteiger partial charge in [0.05, 0.1) is 0 Å². The van der Waals surface area contributed by atoms with Gasteiger partial charge in [0.15, 0.2) is 6.61 Å². The smallest absolute Gasteiger partial charge is 0.257 e. The number of aromatic hydroxyl groups is 1. The third-order valence-electron chi connectivity index (χ3n) is 2.86. The van der Waals surface area contributed by atoms with Gasteiger partial charge in [-0.25, -0.2) is 0 Å². The maximum absolute atomic E-state index is 11.6. The van der Waals surface area contributed by atoms with Gasteiger partial charge in [0.1, 0.15) is 11.5 Å². The molecule has 0 saturated heterocycles. The second-order valence-corrected chi connectivity index (χ2v) is 4.95. The van der Waals surface area contributed by atoms with Gasteiger partial charge in [-0.2, -0.15) is 0 Å². The molecule has 5 heteroatoms. The van der Waals surface area contributed by atoms with Crippen molar-refractivity contribution in [2.75, 3.05) is 13.2 Å². The van der Waals surface area contributed by atoms with Crippen molar-refractivity contribution in [3.63, 3.8) is 0 Å². The minimum atomic E-state index is -0.177. The van der Waals surface area contributed by atoms with Gasteiger partial charge in [-0.1, -0.05) is 23.7 Å². The lowest BCUT2D eigenvalue weighted by atomic mass is 10.1. The van der Waals surface area contributed by atoms with Crippen molar-refractivity contribution < 1.29 is 14.6 Å². The highest BCUT2D eigenvalue weighted by molar-refractivity contribution is 6.30. The van der Waals surface area contributed by atoms with Crippen LogP contribution in [0, 0.1) is 0 Å². The second-order valence-electron chi connectivity index (χ2n) is 4.51. The van der Waals surface area contributed by atoms with Crippen molar-refractivity contribution in [1.29, 1.82) is 0 Å². The van der Waals surface area contributed by atoms with E-state index in [2.05, 4.69) is 5.32 Å². The summed E-state index contributed by atoms with van der Waals surface area (Å²) in [6.45, 7) is 0.491. The molecular weight excluding hydrogens is 290 g/mol. The number of amides is 1. The van der Waals surface area contributed by atoms with Crippen LogP contribution < -0.4 is 10.1 Å². The molecule has 0 unspecified atom stereocenters. The minimum absolute atomic E-state index is 0.0305. The van der Waals surface area contributed by atoms with E-state index in [1.165, 1.54) is 0 Å². The molecule has 0 bridgehead atoms. The number of carbonyl (C=O) groups is 1. The molecule has 2 aromatic carbocycles. The van der Waals surface area contributed by atoms with E-state index in [0.717, 1.165) is 5.56 Å². The molecule has 1 amide bonds. The average molecular weight is 306 g/mol. The van der Waals surface area contributed by atoms with Gasteiger partial charge in [0.2, 0.25) is 0 Å². The quantitative estimate of drug-likeness (QED) is 0.863. The number of hydrogen-bond donors (Lipinski definition) is 2. The van der Waals surface area contributed by atoms with Gasteiger partial charge in [-0.05, 0) is 48.4 Å². The molecule has 21 heavy (non-hydrogen) atoms. The van der Waals surface area contributed by atoms with Gasteiger partial charge < -0.3 is 15.2 Å². The van der Waals surface area contributed by atoms with Crippen LogP contribution in [0.4, 0.5) is 0 Å². The Kier molecular flexibility index (Phi) is 5.46. The Balaban J connectivity index is 1.67. The van der Waals surface area contributed by atoms with E-state index < -0.39 is 0 Å². The average Bonchev–Trinajstić information content (AvgIpc) is 2.49. The number of phenols is 1. The van der Waals surface area contributed by atoms with Crippen LogP contribution in [0.3, 0.4) is 0 Å². The molecule has 0 saturated carbocycles. The van der Waals surface area contributed by atoms with Crippen LogP contribution in [-0.2, 0) is 11.2 Å². The molecule has 2 aromatic rings. The Morgan fingerprint density at radius 2 is 1.76 bits per heavy atom. The fourth-order valence-electron chi connectivity index (χ4n) is 1.74. The molecule has 0 heterocycles. The normalized spacial score (nSPS) is 10.1. The van der Waals surface area contributed by atoms with Crippen LogP contribution >= 0.6 is 11.6 Å². The third-order valence-corrected chi connectivity index (χ3v) is 3.11. The first kappa shape index (κ1) is 15.2. The van der Waals surface area contributed by atoms with Gasteiger partial charge in [0.25, 0.3) is 5.91 Å². The SMILES string of the molecule is O=C(COc1ccc(Cl)cc1)NCCc1ccc(O)cc1. The van der Waals surface area contributed by atoms with Gasteiger partial charge >= 0.3 is 0 Å². The lowest BCUT2D eigenvalue weighted by Gasteiger charge is -2.07. The largest absolute Gasteiger partial charge is 0.508 e. The Morgan fingerprint density at radius 3 is 2.43 bits per heavy atom. The van der Waals surface area contributed by atoms with Crippen LogP contribution in [-0.4, -0.2) is 24.2 Å². The number of hydrogen-bond acceptors (Lipinski definition) is 3. The third kappa shape index (κ3) is 5.36. The van der Waals surface area contributed by atoms with Crippen molar-refractivity contribution in [2.24, 2.45) is 0 Å². The predicted octanol–water partition coefficient (Wildman–Crippen LogP) is 2.78. The lowest BCUT2D eigenvalue weighted by molar-refractivity contribution is -0.123. The van der Waals surface area contributed by atoms with Crippen molar-refractivity contribution >= 4 is 17.5 Å². The van der Waals surface area contributed by atoms with E-state index >= 15 is 0 Å². The summed E-state index contributed by atoms with van der Waals surface area (Å²) in [5.74, 6) is 0.663. The molecule has 0 aliphatic rings. The summed E-state index contributed by atoms with van der Waals surface area (Å²) >= 11 is 5.76. The maximum Gasteiger partial charge on any atom is 0.257 e. The molecule has 0 aliphatic carbocycles. The standard InChI is InChI=1S/C16H16ClNO3/c17-13-3-7-15(8-4-13)21-11-16(20)18-10-9-12-1-5-14(19)6-2-12/h1-8,19H,9-11H2,(H,18,20). The lowest BCUT2D eigenvalue weighted by Crippen LogP contribution is -2.30. The molecule has 0 atom stereocenters. The Morgan fingerprint density at radius 1 is 1.10 bits per heavy atom. The Hall–Kier alpha value is -2.20. The van der Waals surface area contributed by atoms with Crippen LogP contribution in [0.2, 0.25) is 5.02 Å². The topological polar surface area (TPSA) is 58.6 Å². The fourth-order valence-corrected chi connectivity index (χ4v) is 1.87. The Labute approximate surface area is 128 Å². The predicted molar refractivity (Wildman–Crippen MR) is 81.8 cm³/mol. The number of nitrogens with one attached hydrogen (secondary N) is 1. The number of halogens is 1. The van der Waals surface area contributed by atoms with E-state index in [0.29, 0.717) is 23.7 Å². The van der Waals surface area contributed by atoms with Crippen molar-refractivity contribution in [3.05, 3.63) is 59.1 Å². The summed E-state index contributed by atoms with van der Waals surface area (Å²) in [5, 5.41) is 12.6. The second kappa shape index (κ2) is 7.55. The van der Waals surface area contributed by atoms with Gasteiger partial charge in [0, 0.05) is 11.6 Å². The van der Waals surface area contributed by atoms with E-state index in [9.17, 15) is 9.90 Å². The molecule has 2 rings (SSSR count). The fraction of sp³-hybridized carbons (Fsp3) is 0.188. The number of ether oxygens (including phenoxy) is 1. The van der Waals surface area contributed by atoms with E-state index in [1.54, 1.807) is 36.4 Å². The van der Waals surface area contributed by atoms with E-state index in [-0.39, 0.29) is 18.3 Å². The first-order chi connectivity index (χ1) is 10.1. The first-order valence-electron chi connectivity index (χ1n) is 6.56. The monoisotopic (exact) mass is 305 g/mol. The highest BCUT2D eigenvalue weighted by Gasteiger charge is 2.02. The van der Waals surface area contributed by atoms with Crippen molar-refractivity contribution in [2.45, 2.75) is 6.42 Å². The van der Waals surface area contributed by atoms with Crippen LogP contribution in [0.5, 0.6) is 11.5 Å². The molecule has 0 radical (unpaired) electrons. The molecule has 0 aromatic heterocycles. The molecule has 2 N–H and O–H groups in total. The highest BCUT2D eigenvalue weighted by atomic mass is 35.5. The highest BCUT2D eigenvalue weighted by Crippen LogP contribution is 2.15. The number of rotatable bonds is 6. The zero-order chi connectivity index (χ0) is 15.1. The van der Waals surface area contributed by atoms with Crippen molar-refractivity contribution in [1.82, 2.24) is 5.32 Å². The molecule has 0 aliphatic heterocycles. The molecule has 4 nitrogen and oxygen atoms in total. The summed E-state index contributed by atoms with van der Waals surface area (Å²) in [5.41, 5.74) is 1.05. The number of benzene rings is 2. The van der Waals surface area contributed by atoms with E-state index in [1.807, 2.05) is 12.1 Å².